The van der Waals surface area contributed by atoms with Gasteiger partial charge in [0.05, 0.1) is 6.20 Å². The first-order chi connectivity index (χ1) is 6.41. The average Bonchev–Trinajstić information content (AvgIpc) is 2.45. The second-order valence-corrected chi connectivity index (χ2v) is 4.60. The molecule has 1 unspecified atom stereocenters. The van der Waals surface area contributed by atoms with E-state index in [0.29, 0.717) is 0 Å². The third-order valence-electron chi connectivity index (χ3n) is 2.33. The van der Waals surface area contributed by atoms with Gasteiger partial charge in [-0.25, -0.2) is 4.68 Å². The lowest BCUT2D eigenvalue weighted by Gasteiger charge is -2.27. The molecule has 1 atom stereocenters. The Morgan fingerprint density at radius 1 is 1.57 bits per heavy atom. The molecule has 0 saturated heterocycles. The van der Waals surface area contributed by atoms with Crippen LogP contribution >= 0.6 is 0 Å². The minimum Gasteiger partial charge on any atom is -0.367 e. The number of aromatic nitrogens is 3. The number of nitrogens with zero attached hydrogens (tertiary/aromatic N) is 3. The molecule has 0 spiro atoms. The number of aryl methyl sites for hydroxylation is 1. The number of rotatable bonds is 3. The van der Waals surface area contributed by atoms with Gasteiger partial charge < -0.3 is 11.1 Å². The van der Waals surface area contributed by atoms with E-state index >= 15 is 0 Å². The fraction of sp³-hybridized carbons (Fsp3) is 0.778. The number of nitrogens with two attached hydrogens (primary N) is 1. The highest BCUT2D eigenvalue weighted by Crippen LogP contribution is 2.17. The van der Waals surface area contributed by atoms with Gasteiger partial charge in [-0.1, -0.05) is 26.0 Å². The van der Waals surface area contributed by atoms with Crippen molar-refractivity contribution in [1.82, 2.24) is 15.0 Å². The maximum atomic E-state index is 6.00. The Balaban J connectivity index is 2.46. The maximum Gasteiger partial charge on any atom is 0.144 e. The molecule has 0 amide bonds. The highest BCUT2D eigenvalue weighted by Gasteiger charge is 2.20. The van der Waals surface area contributed by atoms with Crippen molar-refractivity contribution in [3.8, 4) is 0 Å². The lowest BCUT2D eigenvalue weighted by molar-refractivity contribution is 0.331. The Kier molecular flexibility index (Phi) is 3.10. The summed E-state index contributed by atoms with van der Waals surface area (Å²) in [5.41, 5.74) is 6.11. The lowest BCUT2D eigenvalue weighted by atomic mass is 9.87. The molecule has 0 bridgehead atoms. The largest absolute Gasteiger partial charge is 0.367 e. The summed E-state index contributed by atoms with van der Waals surface area (Å²) >= 11 is 0. The van der Waals surface area contributed by atoms with E-state index in [1.165, 1.54) is 0 Å². The molecule has 0 aliphatic carbocycles. The number of nitrogens with one attached hydrogen (secondary N) is 1. The zero-order chi connectivity index (χ0) is 10.8. The number of hydrogen-bond donors (Lipinski definition) is 2. The Bertz CT molecular complexity index is 286. The molecule has 14 heavy (non-hydrogen) atoms. The molecule has 0 fully saturated rings. The molecule has 0 aliphatic heterocycles. The third-order valence-corrected chi connectivity index (χ3v) is 2.33. The minimum absolute atomic E-state index is 0.109. The van der Waals surface area contributed by atoms with E-state index < -0.39 is 0 Å². The number of hydrogen-bond acceptors (Lipinski definition) is 4. The van der Waals surface area contributed by atoms with Crippen molar-refractivity contribution in [2.75, 3.05) is 11.9 Å². The average molecular weight is 197 g/mol. The van der Waals surface area contributed by atoms with Gasteiger partial charge in [0.2, 0.25) is 0 Å². The van der Waals surface area contributed by atoms with Crippen LogP contribution in [0.4, 0.5) is 5.82 Å². The van der Waals surface area contributed by atoms with Gasteiger partial charge in [0.1, 0.15) is 5.82 Å². The van der Waals surface area contributed by atoms with Crippen LogP contribution in [0.25, 0.3) is 0 Å². The van der Waals surface area contributed by atoms with E-state index in [2.05, 4.69) is 36.4 Å². The summed E-state index contributed by atoms with van der Waals surface area (Å²) in [5, 5.41) is 10.8. The van der Waals surface area contributed by atoms with Gasteiger partial charge >= 0.3 is 0 Å². The quantitative estimate of drug-likeness (QED) is 0.744. The first-order valence-corrected chi connectivity index (χ1v) is 4.75. The summed E-state index contributed by atoms with van der Waals surface area (Å²) in [6.07, 6.45) is 1.69. The van der Waals surface area contributed by atoms with E-state index in [1.54, 1.807) is 10.9 Å². The Hall–Kier alpha value is -1.10. The van der Waals surface area contributed by atoms with Gasteiger partial charge in [0, 0.05) is 19.6 Å². The molecule has 1 aromatic heterocycles. The fourth-order valence-electron chi connectivity index (χ4n) is 0.970. The van der Waals surface area contributed by atoms with Crippen molar-refractivity contribution in [2.45, 2.75) is 26.8 Å². The van der Waals surface area contributed by atoms with Crippen LogP contribution in [0.1, 0.15) is 20.8 Å². The van der Waals surface area contributed by atoms with Gasteiger partial charge in [0.15, 0.2) is 0 Å². The van der Waals surface area contributed by atoms with Crippen molar-refractivity contribution in [1.29, 1.82) is 0 Å². The molecule has 80 valence electrons. The Morgan fingerprint density at radius 2 is 2.21 bits per heavy atom. The molecule has 5 nitrogen and oxygen atoms in total. The van der Waals surface area contributed by atoms with Crippen LogP contribution in [0.5, 0.6) is 0 Å². The van der Waals surface area contributed by atoms with Crippen LogP contribution in [0, 0.1) is 5.41 Å². The molecule has 1 aromatic rings. The fourth-order valence-corrected chi connectivity index (χ4v) is 0.970. The normalized spacial score (nSPS) is 14.1. The zero-order valence-electron chi connectivity index (χ0n) is 9.28. The Morgan fingerprint density at radius 3 is 2.64 bits per heavy atom. The molecule has 0 aromatic carbocycles. The predicted octanol–water partition coefficient (Wildman–Crippen LogP) is 0.600. The highest BCUT2D eigenvalue weighted by atomic mass is 15.4. The molecule has 0 radical (unpaired) electrons. The van der Waals surface area contributed by atoms with Crippen LogP contribution in [0.3, 0.4) is 0 Å². The zero-order valence-corrected chi connectivity index (χ0v) is 9.28. The van der Waals surface area contributed by atoms with Gasteiger partial charge in [-0.05, 0) is 5.41 Å². The second-order valence-electron chi connectivity index (χ2n) is 4.60. The van der Waals surface area contributed by atoms with Crippen LogP contribution in [0.15, 0.2) is 6.20 Å². The Labute approximate surface area is 84.7 Å². The number of anilines is 1. The van der Waals surface area contributed by atoms with E-state index in [0.717, 1.165) is 12.4 Å². The van der Waals surface area contributed by atoms with Crippen LogP contribution in [0.2, 0.25) is 0 Å². The lowest BCUT2D eigenvalue weighted by Crippen LogP contribution is -2.41. The summed E-state index contributed by atoms with van der Waals surface area (Å²) in [4.78, 5) is 0. The van der Waals surface area contributed by atoms with Crippen molar-refractivity contribution in [3.63, 3.8) is 0 Å². The maximum absolute atomic E-state index is 6.00. The molecular weight excluding hydrogens is 178 g/mol. The van der Waals surface area contributed by atoms with Crippen LogP contribution in [-0.4, -0.2) is 27.6 Å². The standard InChI is InChI=1S/C9H19N5/c1-9(2,3)7(10)5-11-8-6-12-13-14(8)4/h6-7,11H,5,10H2,1-4H3. The van der Waals surface area contributed by atoms with E-state index in [4.69, 9.17) is 5.73 Å². The minimum atomic E-state index is 0.109. The SMILES string of the molecule is Cn1nncc1NCC(N)C(C)(C)C. The highest BCUT2D eigenvalue weighted by molar-refractivity contribution is 5.30. The summed E-state index contributed by atoms with van der Waals surface area (Å²) in [7, 11) is 1.85. The van der Waals surface area contributed by atoms with Crippen molar-refractivity contribution in [2.24, 2.45) is 18.2 Å². The summed E-state index contributed by atoms with van der Waals surface area (Å²) in [6, 6.07) is 0.109. The van der Waals surface area contributed by atoms with Crippen molar-refractivity contribution < 1.29 is 0 Å². The molecule has 1 heterocycles. The first kappa shape index (κ1) is 11.0. The van der Waals surface area contributed by atoms with Crippen molar-refractivity contribution in [3.05, 3.63) is 6.20 Å². The molecule has 5 heteroatoms. The van der Waals surface area contributed by atoms with Gasteiger partial charge in [-0.15, -0.1) is 5.10 Å². The molecular formula is C9H19N5. The van der Waals surface area contributed by atoms with Crippen molar-refractivity contribution >= 4 is 5.82 Å². The van der Waals surface area contributed by atoms with E-state index in [9.17, 15) is 0 Å². The van der Waals surface area contributed by atoms with Gasteiger partial charge in [0.25, 0.3) is 0 Å². The monoisotopic (exact) mass is 197 g/mol. The third kappa shape index (κ3) is 2.70. The van der Waals surface area contributed by atoms with Crippen LogP contribution in [-0.2, 0) is 7.05 Å². The van der Waals surface area contributed by atoms with E-state index in [1.807, 2.05) is 7.05 Å². The smallest absolute Gasteiger partial charge is 0.144 e. The van der Waals surface area contributed by atoms with Crippen LogP contribution < -0.4 is 11.1 Å². The molecule has 3 N–H and O–H groups in total. The first-order valence-electron chi connectivity index (χ1n) is 4.75. The summed E-state index contributed by atoms with van der Waals surface area (Å²) in [6.45, 7) is 7.10. The van der Waals surface area contributed by atoms with E-state index in [-0.39, 0.29) is 11.5 Å². The molecule has 0 saturated carbocycles. The van der Waals surface area contributed by atoms with Gasteiger partial charge in [-0.2, -0.15) is 0 Å². The predicted molar refractivity (Wildman–Crippen MR) is 56.9 cm³/mol. The topological polar surface area (TPSA) is 68.8 Å². The van der Waals surface area contributed by atoms with Gasteiger partial charge in [-0.3, -0.25) is 0 Å². The molecule has 1 rings (SSSR count). The summed E-state index contributed by atoms with van der Waals surface area (Å²) in [5.74, 6) is 0.893. The molecule has 0 aliphatic rings. The summed E-state index contributed by atoms with van der Waals surface area (Å²) < 4.78 is 1.69. The second kappa shape index (κ2) is 3.96.